The molecule has 6 aromatic carbocycles. The molecule has 1 heterocycles. The van der Waals surface area contributed by atoms with Gasteiger partial charge in [0.05, 0.1) is 0 Å². The molecule has 240 valence electrons. The lowest BCUT2D eigenvalue weighted by molar-refractivity contribution is 0.642. The summed E-state index contributed by atoms with van der Waals surface area (Å²) in [5, 5.41) is 0. The highest BCUT2D eigenvalue weighted by atomic mass is 15.2. The molecule has 0 amide bonds. The lowest BCUT2D eigenvalue weighted by Gasteiger charge is -2.27. The number of benzene rings is 6. The maximum Gasteiger partial charge on any atom is 0.0450 e. The molecule has 6 aromatic rings. The van der Waals surface area contributed by atoms with Crippen LogP contribution in [0.5, 0.6) is 0 Å². The molecule has 1 heteroatoms. The van der Waals surface area contributed by atoms with E-state index in [2.05, 4.69) is 183 Å². The van der Waals surface area contributed by atoms with Gasteiger partial charge in [-0.1, -0.05) is 144 Å². The molecule has 0 bridgehead atoms. The van der Waals surface area contributed by atoms with Crippen molar-refractivity contribution in [1.29, 1.82) is 0 Å². The highest BCUT2D eigenvalue weighted by Crippen LogP contribution is 2.52. The summed E-state index contributed by atoms with van der Waals surface area (Å²) in [5.74, 6) is 0.567. The van der Waals surface area contributed by atoms with E-state index >= 15 is 0 Å². The van der Waals surface area contributed by atoms with E-state index in [1.807, 2.05) is 0 Å². The first-order valence-corrected chi connectivity index (χ1v) is 17.7. The summed E-state index contributed by atoms with van der Waals surface area (Å²) >= 11 is 0. The summed E-state index contributed by atoms with van der Waals surface area (Å²) in [4.78, 5) is 2.63. The van der Waals surface area contributed by atoms with Crippen molar-refractivity contribution in [3.63, 3.8) is 0 Å². The predicted molar refractivity (Wildman–Crippen MR) is 209 cm³/mol. The van der Waals surface area contributed by atoms with Gasteiger partial charge in [0.15, 0.2) is 0 Å². The molecule has 1 aliphatic carbocycles. The maximum atomic E-state index is 2.63. The van der Waals surface area contributed by atoms with Gasteiger partial charge >= 0.3 is 0 Å². The fraction of sp³-hybridized carbons (Fsp3) is 0.167. The Kier molecular flexibility index (Phi) is 8.35. The minimum absolute atomic E-state index is 0.511. The van der Waals surface area contributed by atoms with Gasteiger partial charge in [0.2, 0.25) is 0 Å². The van der Waals surface area contributed by atoms with Gasteiger partial charge in [-0.15, -0.1) is 0 Å². The molecule has 1 nitrogen and oxygen atoms in total. The quantitative estimate of drug-likeness (QED) is 0.158. The van der Waals surface area contributed by atoms with Crippen LogP contribution < -0.4 is 4.90 Å². The van der Waals surface area contributed by atoms with E-state index in [1.54, 1.807) is 0 Å². The first kappa shape index (κ1) is 30.9. The molecule has 0 spiro atoms. The van der Waals surface area contributed by atoms with Crippen molar-refractivity contribution >= 4 is 34.7 Å². The maximum absolute atomic E-state index is 2.63. The van der Waals surface area contributed by atoms with Crippen molar-refractivity contribution < 1.29 is 0 Å². The molecule has 0 N–H and O–H groups in total. The van der Waals surface area contributed by atoms with E-state index in [1.165, 1.54) is 97.4 Å². The van der Waals surface area contributed by atoms with Crippen LogP contribution in [0.1, 0.15) is 80.8 Å². The van der Waals surface area contributed by atoms with Crippen LogP contribution >= 0.6 is 0 Å². The summed E-state index contributed by atoms with van der Waals surface area (Å²) in [7, 11) is 0. The van der Waals surface area contributed by atoms with E-state index in [9.17, 15) is 0 Å². The van der Waals surface area contributed by atoms with Gasteiger partial charge in [0, 0.05) is 23.3 Å². The Morgan fingerprint density at radius 3 is 1.55 bits per heavy atom. The molecule has 1 aliphatic heterocycles. The zero-order chi connectivity index (χ0) is 33.3. The van der Waals surface area contributed by atoms with Gasteiger partial charge < -0.3 is 4.90 Å². The number of anilines is 2. The van der Waals surface area contributed by atoms with E-state index < -0.39 is 0 Å². The molecule has 2 atom stereocenters. The number of fused-ring (bicyclic) bond motifs is 3. The van der Waals surface area contributed by atoms with Gasteiger partial charge in [-0.05, 0) is 120 Å². The summed E-state index contributed by atoms with van der Waals surface area (Å²) in [6.07, 6.45) is 8.49. The molecule has 0 radical (unpaired) electrons. The van der Waals surface area contributed by atoms with Gasteiger partial charge in [0.25, 0.3) is 0 Å². The topological polar surface area (TPSA) is 3.24 Å². The molecule has 0 aromatic heterocycles. The van der Waals surface area contributed by atoms with E-state index in [0.29, 0.717) is 12.0 Å². The third-order valence-electron chi connectivity index (χ3n) is 10.5. The van der Waals surface area contributed by atoms with Crippen molar-refractivity contribution in [2.24, 2.45) is 0 Å². The lowest BCUT2D eigenvalue weighted by Crippen LogP contribution is -2.26. The second-order valence-electron chi connectivity index (χ2n) is 14.0. The number of hydrogen-bond acceptors (Lipinski definition) is 1. The number of hydrogen-bond donors (Lipinski definition) is 0. The Bertz CT molecular complexity index is 2080. The second kappa shape index (κ2) is 13.2. The highest BCUT2D eigenvalue weighted by molar-refractivity contribution is 5.93. The van der Waals surface area contributed by atoms with Crippen LogP contribution in [-0.2, 0) is 0 Å². The average molecular weight is 634 g/mol. The smallest absolute Gasteiger partial charge is 0.0450 e. The lowest BCUT2D eigenvalue weighted by atomic mass is 9.92. The Labute approximate surface area is 291 Å². The molecule has 1 saturated carbocycles. The third kappa shape index (κ3) is 6.30. The minimum atomic E-state index is 0.511. The first-order valence-electron chi connectivity index (χ1n) is 17.7. The molecule has 49 heavy (non-hydrogen) atoms. The monoisotopic (exact) mass is 633 g/mol. The van der Waals surface area contributed by atoms with Crippen LogP contribution in [0.4, 0.5) is 11.4 Å². The van der Waals surface area contributed by atoms with Crippen LogP contribution in [0.3, 0.4) is 0 Å². The molecule has 2 unspecified atom stereocenters. The summed E-state index contributed by atoms with van der Waals surface area (Å²) in [6.45, 7) is 6.44. The normalized spacial score (nSPS) is 16.7. The Hall–Kier alpha value is -5.40. The number of nitrogens with zero attached hydrogens (tertiary/aromatic N) is 1. The molecular weight excluding hydrogens is 591 g/mol. The van der Waals surface area contributed by atoms with Crippen molar-refractivity contribution in [2.75, 3.05) is 4.90 Å². The van der Waals surface area contributed by atoms with E-state index in [-0.39, 0.29) is 0 Å². The molecule has 8 rings (SSSR count). The number of aryl methyl sites for hydroxylation is 3. The summed E-state index contributed by atoms with van der Waals surface area (Å²) < 4.78 is 0. The molecule has 0 saturated heterocycles. The Morgan fingerprint density at radius 1 is 0.510 bits per heavy atom. The van der Waals surface area contributed by atoms with E-state index in [0.717, 1.165) is 0 Å². The summed E-state index contributed by atoms with van der Waals surface area (Å²) in [5.41, 5.74) is 17.9. The minimum Gasteiger partial charge on any atom is -0.338 e. The molecular formula is C48H43N. The third-order valence-corrected chi connectivity index (χ3v) is 10.5. The van der Waals surface area contributed by atoms with Gasteiger partial charge in [0.1, 0.15) is 0 Å². The molecule has 2 aliphatic rings. The Balaban J connectivity index is 1.14. The van der Waals surface area contributed by atoms with Gasteiger partial charge in [-0.25, -0.2) is 0 Å². The fourth-order valence-electron chi connectivity index (χ4n) is 7.85. The fourth-order valence-corrected chi connectivity index (χ4v) is 7.85. The van der Waals surface area contributed by atoms with Crippen molar-refractivity contribution in [3.05, 3.63) is 201 Å². The largest absolute Gasteiger partial charge is 0.338 e. The zero-order valence-electron chi connectivity index (χ0n) is 28.7. The average Bonchev–Trinajstić information content (AvgIpc) is 3.73. The van der Waals surface area contributed by atoms with Gasteiger partial charge in [-0.2, -0.15) is 0 Å². The zero-order valence-corrected chi connectivity index (χ0v) is 28.7. The van der Waals surface area contributed by atoms with E-state index in [4.69, 9.17) is 0 Å². The van der Waals surface area contributed by atoms with Crippen LogP contribution in [0.15, 0.2) is 146 Å². The van der Waals surface area contributed by atoms with Crippen LogP contribution in [0, 0.1) is 20.8 Å². The second-order valence-corrected chi connectivity index (χ2v) is 14.0. The summed E-state index contributed by atoms with van der Waals surface area (Å²) in [6, 6.07) is 54.4. The molecule has 1 fully saturated rings. The van der Waals surface area contributed by atoms with Crippen LogP contribution in [0.2, 0.25) is 0 Å². The first-order chi connectivity index (χ1) is 24.0. The standard InChI is InChI=1S/C48H43N/c1-33-12-21-39(22-13-33)44(40-23-14-34(2)15-24-40)30-36-18-27-42(28-19-36)49-47-11-7-10-43(47)46-32-37(20-29-48(46)49)31-45(38-8-5-4-6-9-38)41-25-16-35(3)17-26-41/h4-6,8-9,12-32,43,47H,7,10-11H2,1-3H3. The number of rotatable bonds is 7. The van der Waals surface area contributed by atoms with Crippen molar-refractivity contribution in [1.82, 2.24) is 0 Å². The predicted octanol–water partition coefficient (Wildman–Crippen LogP) is 12.6. The Morgan fingerprint density at radius 2 is 1.00 bits per heavy atom. The van der Waals surface area contributed by atoms with Crippen molar-refractivity contribution in [3.8, 4) is 0 Å². The van der Waals surface area contributed by atoms with Crippen molar-refractivity contribution in [2.45, 2.75) is 52.0 Å². The van der Waals surface area contributed by atoms with Gasteiger partial charge in [-0.3, -0.25) is 0 Å². The highest BCUT2D eigenvalue weighted by Gasteiger charge is 2.42. The van der Waals surface area contributed by atoms with Crippen LogP contribution in [0.25, 0.3) is 23.3 Å². The SMILES string of the molecule is Cc1ccc(C(=Cc2ccc3c(c2)C2CCCC2N3c2ccc(C=C(c3ccc(C)cc3)c3ccc(C)cc3)cc2)c2ccccc2)cc1. The van der Waals surface area contributed by atoms with Crippen LogP contribution in [-0.4, -0.2) is 6.04 Å².